The van der Waals surface area contributed by atoms with Crippen molar-refractivity contribution in [3.63, 3.8) is 0 Å². The van der Waals surface area contributed by atoms with Gasteiger partial charge in [0, 0.05) is 10.6 Å². The van der Waals surface area contributed by atoms with Crippen molar-refractivity contribution >= 4 is 35.2 Å². The lowest BCUT2D eigenvalue weighted by molar-refractivity contribution is 0.318. The molecule has 0 amide bonds. The Bertz CT molecular complexity index is 556. The summed E-state index contributed by atoms with van der Waals surface area (Å²) < 4.78 is 0. The highest BCUT2D eigenvalue weighted by Crippen LogP contribution is 2.37. The van der Waals surface area contributed by atoms with E-state index in [2.05, 4.69) is 68.9 Å². The molecule has 0 bridgehead atoms. The van der Waals surface area contributed by atoms with Gasteiger partial charge in [-0.05, 0) is 46.9 Å². The summed E-state index contributed by atoms with van der Waals surface area (Å²) in [7, 11) is 0. The topological polar surface area (TPSA) is 0 Å². The van der Waals surface area contributed by atoms with Crippen LogP contribution < -0.4 is 0 Å². The van der Waals surface area contributed by atoms with E-state index in [1.165, 1.54) is 47.1 Å². The molecule has 0 saturated heterocycles. The largest absolute Gasteiger partial charge is 0.179 e. The Hall–Kier alpha value is -0.600. The third-order valence-corrected chi connectivity index (χ3v) is 6.18. The highest BCUT2D eigenvalue weighted by atomic mass is 32.2. The van der Waals surface area contributed by atoms with Crippen LogP contribution in [0.25, 0.3) is 10.8 Å². The van der Waals surface area contributed by atoms with Gasteiger partial charge in [0.05, 0.1) is 0 Å². The van der Waals surface area contributed by atoms with Gasteiger partial charge in [0.1, 0.15) is 0 Å². The molecule has 2 heteroatoms. The zero-order valence-electron chi connectivity index (χ0n) is 13.1. The van der Waals surface area contributed by atoms with Crippen molar-refractivity contribution in [2.45, 2.75) is 44.4 Å². The fraction of sp³-hybridized carbons (Fsp3) is 0.474. The fourth-order valence-electron chi connectivity index (χ4n) is 3.03. The van der Waals surface area contributed by atoms with Crippen LogP contribution in [0.1, 0.15) is 39.5 Å². The lowest BCUT2D eigenvalue weighted by Crippen LogP contribution is -2.25. The Morgan fingerprint density at radius 1 is 0.952 bits per heavy atom. The van der Waals surface area contributed by atoms with Gasteiger partial charge in [-0.25, -0.2) is 0 Å². The van der Waals surface area contributed by atoms with E-state index in [-0.39, 0.29) is 0 Å². The second kappa shape index (κ2) is 8.14. The molecule has 0 aliphatic rings. The van der Waals surface area contributed by atoms with Gasteiger partial charge in [-0.1, -0.05) is 57.0 Å². The summed E-state index contributed by atoms with van der Waals surface area (Å²) in [6.45, 7) is 4.57. The lowest BCUT2D eigenvalue weighted by atomic mass is 9.83. The van der Waals surface area contributed by atoms with Gasteiger partial charge < -0.3 is 0 Å². The maximum absolute atomic E-state index is 4.66. The minimum absolute atomic E-state index is 0.392. The molecular weight excluding hydrogens is 292 g/mol. The molecule has 114 valence electrons. The van der Waals surface area contributed by atoms with E-state index < -0.39 is 0 Å². The van der Waals surface area contributed by atoms with Gasteiger partial charge in [-0.15, -0.1) is 11.8 Å². The van der Waals surface area contributed by atoms with Crippen molar-refractivity contribution in [1.82, 2.24) is 0 Å². The molecule has 21 heavy (non-hydrogen) atoms. The minimum Gasteiger partial charge on any atom is -0.179 e. The molecule has 2 rings (SSSR count). The number of benzene rings is 2. The van der Waals surface area contributed by atoms with E-state index in [0.29, 0.717) is 5.41 Å². The van der Waals surface area contributed by atoms with Crippen LogP contribution in [0.4, 0.5) is 0 Å². The first-order valence-electron chi connectivity index (χ1n) is 7.95. The van der Waals surface area contributed by atoms with Crippen LogP contribution in [0.5, 0.6) is 0 Å². The summed E-state index contributed by atoms with van der Waals surface area (Å²) in [6, 6.07) is 15.4. The standard InChI is InChI=1S/C19H26S2/c1-3-11-19(14-20,12-4-2)15-21-18-10-9-16-7-5-6-8-17(16)13-18/h5-10,13,20H,3-4,11-12,14-15H2,1-2H3. The van der Waals surface area contributed by atoms with Crippen LogP contribution >= 0.6 is 24.4 Å². The van der Waals surface area contributed by atoms with Crippen LogP contribution in [-0.4, -0.2) is 11.5 Å². The van der Waals surface area contributed by atoms with E-state index in [1.807, 2.05) is 11.8 Å². The quantitative estimate of drug-likeness (QED) is 0.431. The zero-order chi connectivity index (χ0) is 15.1. The van der Waals surface area contributed by atoms with Crippen molar-refractivity contribution in [2.24, 2.45) is 5.41 Å². The molecule has 0 aliphatic carbocycles. The Balaban J connectivity index is 2.11. The molecule has 0 spiro atoms. The average Bonchev–Trinajstić information content (AvgIpc) is 2.53. The molecular formula is C19H26S2. The van der Waals surface area contributed by atoms with Crippen LogP contribution in [0.2, 0.25) is 0 Å². The molecule has 0 aromatic heterocycles. The first kappa shape index (κ1) is 16.8. The predicted molar refractivity (Wildman–Crippen MR) is 101 cm³/mol. The minimum atomic E-state index is 0.392. The maximum Gasteiger partial charge on any atom is 0.00785 e. The monoisotopic (exact) mass is 318 g/mol. The van der Waals surface area contributed by atoms with E-state index in [4.69, 9.17) is 0 Å². The molecule has 0 fully saturated rings. The average molecular weight is 319 g/mol. The number of hydrogen-bond donors (Lipinski definition) is 1. The predicted octanol–water partition coefficient (Wildman–Crippen LogP) is 6.45. The molecule has 0 saturated carbocycles. The van der Waals surface area contributed by atoms with E-state index in [1.54, 1.807) is 0 Å². The van der Waals surface area contributed by atoms with Crippen molar-refractivity contribution in [2.75, 3.05) is 11.5 Å². The molecule has 0 unspecified atom stereocenters. The first-order valence-corrected chi connectivity index (χ1v) is 9.57. The highest BCUT2D eigenvalue weighted by molar-refractivity contribution is 7.99. The Kier molecular flexibility index (Phi) is 6.50. The van der Waals surface area contributed by atoms with E-state index >= 15 is 0 Å². The summed E-state index contributed by atoms with van der Waals surface area (Å²) in [5.41, 5.74) is 0.392. The molecule has 2 aromatic rings. The van der Waals surface area contributed by atoms with Crippen molar-refractivity contribution in [3.05, 3.63) is 42.5 Å². The van der Waals surface area contributed by atoms with Crippen LogP contribution in [0.15, 0.2) is 47.4 Å². The number of rotatable bonds is 8. The Morgan fingerprint density at radius 3 is 2.24 bits per heavy atom. The van der Waals surface area contributed by atoms with Crippen LogP contribution in [0, 0.1) is 5.41 Å². The second-order valence-corrected chi connectivity index (χ2v) is 7.32. The number of thioether (sulfide) groups is 1. The van der Waals surface area contributed by atoms with Gasteiger partial charge in [-0.3, -0.25) is 0 Å². The molecule has 0 N–H and O–H groups in total. The zero-order valence-corrected chi connectivity index (χ0v) is 14.9. The third kappa shape index (κ3) is 4.43. The molecule has 0 nitrogen and oxygen atoms in total. The van der Waals surface area contributed by atoms with Gasteiger partial charge in [0.25, 0.3) is 0 Å². The normalized spacial score (nSPS) is 12.0. The molecule has 2 aromatic carbocycles. The summed E-state index contributed by atoms with van der Waals surface area (Å²) in [5.74, 6) is 2.17. The number of hydrogen-bond acceptors (Lipinski definition) is 2. The summed E-state index contributed by atoms with van der Waals surface area (Å²) in [4.78, 5) is 1.38. The maximum atomic E-state index is 4.66. The summed E-state index contributed by atoms with van der Waals surface area (Å²) >= 11 is 6.66. The van der Waals surface area contributed by atoms with Gasteiger partial charge in [0.15, 0.2) is 0 Å². The third-order valence-electron chi connectivity index (χ3n) is 4.16. The van der Waals surface area contributed by atoms with Crippen LogP contribution in [-0.2, 0) is 0 Å². The smallest absolute Gasteiger partial charge is 0.00785 e. The van der Waals surface area contributed by atoms with Gasteiger partial charge >= 0.3 is 0 Å². The molecule has 0 heterocycles. The summed E-state index contributed by atoms with van der Waals surface area (Å²) in [5, 5.41) is 2.66. The Labute approximate surface area is 139 Å². The van der Waals surface area contributed by atoms with Gasteiger partial charge in [0.2, 0.25) is 0 Å². The number of thiol groups is 1. The van der Waals surface area contributed by atoms with E-state index in [9.17, 15) is 0 Å². The van der Waals surface area contributed by atoms with Gasteiger partial charge in [-0.2, -0.15) is 12.6 Å². The van der Waals surface area contributed by atoms with Crippen molar-refractivity contribution in [3.8, 4) is 0 Å². The number of fused-ring (bicyclic) bond motifs is 1. The molecule has 0 aliphatic heterocycles. The molecule has 0 radical (unpaired) electrons. The highest BCUT2D eigenvalue weighted by Gasteiger charge is 2.26. The van der Waals surface area contributed by atoms with Crippen molar-refractivity contribution < 1.29 is 0 Å². The second-order valence-electron chi connectivity index (χ2n) is 5.96. The van der Waals surface area contributed by atoms with E-state index in [0.717, 1.165) is 5.75 Å². The first-order chi connectivity index (χ1) is 10.2. The van der Waals surface area contributed by atoms with Crippen LogP contribution in [0.3, 0.4) is 0 Å². The lowest BCUT2D eigenvalue weighted by Gasteiger charge is -2.31. The Morgan fingerprint density at radius 2 is 1.62 bits per heavy atom. The summed E-state index contributed by atoms with van der Waals surface area (Å²) in [6.07, 6.45) is 5.06. The molecule has 0 atom stereocenters. The fourth-order valence-corrected chi connectivity index (χ4v) is 4.84. The van der Waals surface area contributed by atoms with Crippen molar-refractivity contribution in [1.29, 1.82) is 0 Å². The SMILES string of the molecule is CCCC(CS)(CCC)CSc1ccc2ccccc2c1.